The Balaban J connectivity index is 1.82. The zero-order valence-electron chi connectivity index (χ0n) is 16.4. The average Bonchev–Trinajstić information content (AvgIpc) is 2.61. The van der Waals surface area contributed by atoms with Gasteiger partial charge in [0.15, 0.2) is 0 Å². The molecular weight excluding hydrogens is 422 g/mol. The molecule has 0 atom stereocenters. The Labute approximate surface area is 174 Å². The van der Waals surface area contributed by atoms with Gasteiger partial charge in [-0.15, -0.1) is 0 Å². The Morgan fingerprint density at radius 2 is 1.75 bits per heavy atom. The van der Waals surface area contributed by atoms with Crippen molar-refractivity contribution in [3.8, 4) is 5.75 Å². The number of hydrogen-bond acceptors (Lipinski definition) is 4. The lowest BCUT2D eigenvalue weighted by Crippen LogP contribution is -2.29. The van der Waals surface area contributed by atoms with Gasteiger partial charge in [0.05, 0.1) is 6.42 Å². The predicted octanol–water partition coefficient (Wildman–Crippen LogP) is 4.40. The van der Waals surface area contributed by atoms with E-state index in [1.54, 1.807) is 24.3 Å². The standard InChI is InChI=1S/C22H26BrNO4/c1-22(2,3)28-20(26)12-13-24-21(27)16-7-4-15(5-8-16)6-9-17-14-18(23)10-11-19(17)25/h4-5,7-8,10-11,14,25H,6,9,12-13H2,1-3H3,(H,24,27). The molecule has 0 bridgehead atoms. The fraction of sp³-hybridized carbons (Fsp3) is 0.364. The highest BCUT2D eigenvalue weighted by molar-refractivity contribution is 9.10. The average molecular weight is 448 g/mol. The fourth-order valence-electron chi connectivity index (χ4n) is 2.63. The van der Waals surface area contributed by atoms with Crippen LogP contribution in [0.25, 0.3) is 0 Å². The lowest BCUT2D eigenvalue weighted by molar-refractivity contribution is -0.154. The highest BCUT2D eigenvalue weighted by atomic mass is 79.9. The number of phenolic OH excluding ortho intramolecular Hbond substituents is 1. The van der Waals surface area contributed by atoms with Gasteiger partial charge in [-0.25, -0.2) is 0 Å². The Hall–Kier alpha value is -2.34. The molecule has 6 heteroatoms. The summed E-state index contributed by atoms with van der Waals surface area (Å²) in [4.78, 5) is 23.8. The highest BCUT2D eigenvalue weighted by Crippen LogP contribution is 2.23. The molecule has 0 spiro atoms. The van der Waals surface area contributed by atoms with Crippen LogP contribution in [0.4, 0.5) is 0 Å². The van der Waals surface area contributed by atoms with Gasteiger partial charge in [-0.05, 0) is 75.1 Å². The Kier molecular flexibility index (Phi) is 7.63. The van der Waals surface area contributed by atoms with Gasteiger partial charge in [0, 0.05) is 16.6 Å². The third kappa shape index (κ3) is 7.35. The van der Waals surface area contributed by atoms with Crippen molar-refractivity contribution in [2.75, 3.05) is 6.54 Å². The molecule has 0 aliphatic heterocycles. The topological polar surface area (TPSA) is 75.6 Å². The van der Waals surface area contributed by atoms with E-state index >= 15 is 0 Å². The van der Waals surface area contributed by atoms with Gasteiger partial charge in [0.25, 0.3) is 5.91 Å². The molecule has 0 radical (unpaired) electrons. The van der Waals surface area contributed by atoms with E-state index < -0.39 is 5.60 Å². The Morgan fingerprint density at radius 1 is 1.07 bits per heavy atom. The van der Waals surface area contributed by atoms with Crippen molar-refractivity contribution in [3.05, 3.63) is 63.6 Å². The zero-order valence-corrected chi connectivity index (χ0v) is 18.0. The zero-order chi connectivity index (χ0) is 20.7. The summed E-state index contributed by atoms with van der Waals surface area (Å²) in [5, 5.41) is 12.6. The van der Waals surface area contributed by atoms with Gasteiger partial charge >= 0.3 is 5.97 Å². The van der Waals surface area contributed by atoms with Crippen LogP contribution in [0.5, 0.6) is 5.75 Å². The van der Waals surface area contributed by atoms with Gasteiger partial charge in [-0.3, -0.25) is 9.59 Å². The minimum Gasteiger partial charge on any atom is -0.508 e. The molecule has 150 valence electrons. The molecule has 0 heterocycles. The van der Waals surface area contributed by atoms with Gasteiger partial charge in [-0.2, -0.15) is 0 Å². The molecule has 0 aliphatic rings. The normalized spacial score (nSPS) is 11.1. The summed E-state index contributed by atoms with van der Waals surface area (Å²) >= 11 is 3.41. The van der Waals surface area contributed by atoms with Crippen molar-refractivity contribution in [2.24, 2.45) is 0 Å². The Bertz CT molecular complexity index is 825. The highest BCUT2D eigenvalue weighted by Gasteiger charge is 2.16. The number of rotatable bonds is 7. The number of carbonyl (C=O) groups is 2. The van der Waals surface area contributed by atoms with Crippen LogP contribution in [0.1, 0.15) is 48.7 Å². The van der Waals surface area contributed by atoms with Crippen molar-refractivity contribution in [3.63, 3.8) is 0 Å². The van der Waals surface area contributed by atoms with Crippen LogP contribution in [0.3, 0.4) is 0 Å². The maximum Gasteiger partial charge on any atom is 0.308 e. The van der Waals surface area contributed by atoms with Gasteiger partial charge in [-0.1, -0.05) is 28.1 Å². The van der Waals surface area contributed by atoms with Crippen LogP contribution in [0.15, 0.2) is 46.9 Å². The van der Waals surface area contributed by atoms with E-state index in [0.717, 1.165) is 22.0 Å². The SMILES string of the molecule is CC(C)(C)OC(=O)CCNC(=O)c1ccc(CCc2cc(Br)ccc2O)cc1. The summed E-state index contributed by atoms with van der Waals surface area (Å²) in [6.07, 6.45) is 1.59. The van der Waals surface area contributed by atoms with Gasteiger partial charge in [0.1, 0.15) is 11.4 Å². The number of amides is 1. The second-order valence-electron chi connectivity index (χ2n) is 7.56. The minimum absolute atomic E-state index is 0.136. The number of esters is 1. The summed E-state index contributed by atoms with van der Waals surface area (Å²) in [5.74, 6) is -0.275. The summed E-state index contributed by atoms with van der Waals surface area (Å²) in [6, 6.07) is 12.7. The van der Waals surface area contributed by atoms with Gasteiger partial charge < -0.3 is 15.2 Å². The van der Waals surface area contributed by atoms with Crippen LogP contribution in [0, 0.1) is 0 Å². The maximum absolute atomic E-state index is 12.2. The van der Waals surface area contributed by atoms with Crippen LogP contribution < -0.4 is 5.32 Å². The first-order valence-corrected chi connectivity index (χ1v) is 10.00. The lowest BCUT2D eigenvalue weighted by atomic mass is 10.0. The lowest BCUT2D eigenvalue weighted by Gasteiger charge is -2.19. The summed E-state index contributed by atoms with van der Waals surface area (Å²) < 4.78 is 6.14. The molecule has 0 aromatic heterocycles. The van der Waals surface area contributed by atoms with E-state index in [-0.39, 0.29) is 30.6 Å². The summed E-state index contributed by atoms with van der Waals surface area (Å²) in [7, 11) is 0. The molecule has 28 heavy (non-hydrogen) atoms. The fourth-order valence-corrected chi connectivity index (χ4v) is 3.04. The number of aryl methyl sites for hydroxylation is 2. The monoisotopic (exact) mass is 447 g/mol. The number of phenols is 1. The van der Waals surface area contributed by atoms with Crippen LogP contribution in [-0.2, 0) is 22.4 Å². The first-order valence-electron chi connectivity index (χ1n) is 9.20. The minimum atomic E-state index is -0.524. The maximum atomic E-state index is 12.2. The molecule has 0 fully saturated rings. The first kappa shape index (κ1) is 22.0. The van der Waals surface area contributed by atoms with E-state index in [4.69, 9.17) is 4.74 Å². The number of benzene rings is 2. The van der Waals surface area contributed by atoms with Crippen molar-refractivity contribution in [1.82, 2.24) is 5.32 Å². The van der Waals surface area contributed by atoms with Crippen molar-refractivity contribution >= 4 is 27.8 Å². The molecule has 0 unspecified atom stereocenters. The van der Waals surface area contributed by atoms with E-state index in [1.807, 2.05) is 39.0 Å². The van der Waals surface area contributed by atoms with Crippen molar-refractivity contribution < 1.29 is 19.4 Å². The second kappa shape index (κ2) is 9.73. The second-order valence-corrected chi connectivity index (χ2v) is 8.48. The van der Waals surface area contributed by atoms with Crippen molar-refractivity contribution in [1.29, 1.82) is 0 Å². The molecule has 1 amide bonds. The van der Waals surface area contributed by atoms with E-state index in [0.29, 0.717) is 12.0 Å². The summed E-state index contributed by atoms with van der Waals surface area (Å²) in [6.45, 7) is 5.66. The van der Waals surface area contributed by atoms with Crippen LogP contribution in [0.2, 0.25) is 0 Å². The number of ether oxygens (including phenoxy) is 1. The van der Waals surface area contributed by atoms with Crippen molar-refractivity contribution in [2.45, 2.75) is 45.6 Å². The molecule has 0 saturated carbocycles. The van der Waals surface area contributed by atoms with Crippen LogP contribution in [-0.4, -0.2) is 29.1 Å². The molecule has 0 saturated heterocycles. The summed E-state index contributed by atoms with van der Waals surface area (Å²) in [5.41, 5.74) is 1.96. The number of hydrogen-bond donors (Lipinski definition) is 2. The van der Waals surface area contributed by atoms with Crippen LogP contribution >= 0.6 is 15.9 Å². The van der Waals surface area contributed by atoms with E-state index in [2.05, 4.69) is 21.2 Å². The predicted molar refractivity (Wildman–Crippen MR) is 112 cm³/mol. The molecular formula is C22H26BrNO4. The Morgan fingerprint density at radius 3 is 2.39 bits per heavy atom. The number of carbonyl (C=O) groups excluding carboxylic acids is 2. The number of halogens is 1. The molecule has 5 nitrogen and oxygen atoms in total. The number of aromatic hydroxyl groups is 1. The van der Waals surface area contributed by atoms with E-state index in [9.17, 15) is 14.7 Å². The smallest absolute Gasteiger partial charge is 0.308 e. The first-order chi connectivity index (χ1) is 13.1. The third-order valence-electron chi connectivity index (χ3n) is 3.98. The molecule has 2 N–H and O–H groups in total. The number of nitrogens with one attached hydrogen (secondary N) is 1. The largest absolute Gasteiger partial charge is 0.508 e. The van der Waals surface area contributed by atoms with E-state index in [1.165, 1.54) is 0 Å². The molecule has 2 rings (SSSR count). The molecule has 2 aromatic rings. The molecule has 2 aromatic carbocycles. The quantitative estimate of drug-likeness (QED) is 0.616. The van der Waals surface area contributed by atoms with Gasteiger partial charge in [0.2, 0.25) is 0 Å². The third-order valence-corrected chi connectivity index (χ3v) is 4.47. The molecule has 0 aliphatic carbocycles.